The lowest BCUT2D eigenvalue weighted by Crippen LogP contribution is -2.43. The van der Waals surface area contributed by atoms with Gasteiger partial charge in [0, 0.05) is 0 Å². The fourth-order valence-electron chi connectivity index (χ4n) is 1.86. The molecule has 21 heavy (non-hydrogen) atoms. The smallest absolute Gasteiger partial charge is 0.408 e. The van der Waals surface area contributed by atoms with Crippen LogP contribution in [0.3, 0.4) is 0 Å². The molecule has 1 amide bonds. The van der Waals surface area contributed by atoms with Gasteiger partial charge in [0.1, 0.15) is 5.60 Å². The molecule has 0 aromatic heterocycles. The average Bonchev–Trinajstić information content (AvgIpc) is 2.34. The van der Waals surface area contributed by atoms with E-state index in [2.05, 4.69) is 5.32 Å². The maximum Gasteiger partial charge on any atom is 0.408 e. The molecule has 0 aliphatic heterocycles. The third-order valence-electron chi connectivity index (χ3n) is 2.92. The number of alkyl carbamates (subject to hydrolysis) is 1. The molecule has 0 saturated carbocycles. The van der Waals surface area contributed by atoms with Gasteiger partial charge in [-0.1, -0.05) is 6.07 Å². The summed E-state index contributed by atoms with van der Waals surface area (Å²) in [4.78, 5) is 11.9. The molecule has 1 aromatic carbocycles. The van der Waals surface area contributed by atoms with Gasteiger partial charge in [0.15, 0.2) is 11.5 Å². The lowest BCUT2D eigenvalue weighted by atomic mass is 9.94. The third kappa shape index (κ3) is 4.85. The fourth-order valence-corrected chi connectivity index (χ4v) is 1.86. The molecule has 1 rings (SSSR count). The summed E-state index contributed by atoms with van der Waals surface area (Å²) in [7, 11) is 3.16. The lowest BCUT2D eigenvalue weighted by molar-refractivity contribution is 0.0470. The van der Waals surface area contributed by atoms with Crippen LogP contribution in [0.1, 0.15) is 40.2 Å². The largest absolute Gasteiger partial charge is 0.493 e. The standard InChI is InChI=1S/C16H25NO4/c1-15(2,3)21-14(18)17-16(4,5)11-8-9-12(19-6)13(10-11)20-7/h8-10H,1-7H3,(H,17,18). The van der Waals surface area contributed by atoms with Gasteiger partial charge in [0.25, 0.3) is 0 Å². The van der Waals surface area contributed by atoms with Crippen LogP contribution >= 0.6 is 0 Å². The highest BCUT2D eigenvalue weighted by atomic mass is 16.6. The van der Waals surface area contributed by atoms with Gasteiger partial charge in [-0.25, -0.2) is 4.79 Å². The number of carbonyl (C=O) groups excluding carboxylic acids is 1. The topological polar surface area (TPSA) is 56.8 Å². The van der Waals surface area contributed by atoms with E-state index in [1.165, 1.54) is 0 Å². The van der Waals surface area contributed by atoms with Crippen LogP contribution in [0.25, 0.3) is 0 Å². The number of hydrogen-bond acceptors (Lipinski definition) is 4. The zero-order valence-corrected chi connectivity index (χ0v) is 13.9. The first-order valence-corrected chi connectivity index (χ1v) is 6.83. The van der Waals surface area contributed by atoms with E-state index in [-0.39, 0.29) is 0 Å². The van der Waals surface area contributed by atoms with Crippen molar-refractivity contribution in [3.63, 3.8) is 0 Å². The van der Waals surface area contributed by atoms with Crippen LogP contribution in [0.2, 0.25) is 0 Å². The number of nitrogens with one attached hydrogen (secondary N) is 1. The predicted octanol–water partition coefficient (Wildman–Crippen LogP) is 3.46. The van der Waals surface area contributed by atoms with Crippen LogP contribution in [0.15, 0.2) is 18.2 Å². The Morgan fingerprint density at radius 2 is 1.57 bits per heavy atom. The lowest BCUT2D eigenvalue weighted by Gasteiger charge is -2.29. The second kappa shape index (κ2) is 6.24. The summed E-state index contributed by atoms with van der Waals surface area (Å²) in [5, 5.41) is 2.86. The van der Waals surface area contributed by atoms with Crippen molar-refractivity contribution >= 4 is 6.09 Å². The summed E-state index contributed by atoms with van der Waals surface area (Å²) in [5.74, 6) is 1.27. The SMILES string of the molecule is COc1ccc(C(C)(C)NC(=O)OC(C)(C)C)cc1OC. The molecule has 1 N–H and O–H groups in total. The van der Waals surface area contributed by atoms with E-state index < -0.39 is 17.2 Å². The third-order valence-corrected chi connectivity index (χ3v) is 2.92. The first-order chi connectivity index (χ1) is 9.59. The first kappa shape index (κ1) is 17.1. The Morgan fingerprint density at radius 1 is 1.00 bits per heavy atom. The maximum atomic E-state index is 11.9. The number of amides is 1. The number of methoxy groups -OCH3 is 2. The summed E-state index contributed by atoms with van der Waals surface area (Å²) >= 11 is 0. The first-order valence-electron chi connectivity index (χ1n) is 6.83. The highest BCUT2D eigenvalue weighted by Gasteiger charge is 2.27. The molecule has 0 atom stereocenters. The Bertz CT molecular complexity index is 503. The molecule has 0 aliphatic rings. The van der Waals surface area contributed by atoms with E-state index in [0.717, 1.165) is 5.56 Å². The minimum atomic E-state index is -0.595. The van der Waals surface area contributed by atoms with Crippen molar-refractivity contribution in [3.05, 3.63) is 23.8 Å². The zero-order valence-electron chi connectivity index (χ0n) is 13.9. The van der Waals surface area contributed by atoms with E-state index in [4.69, 9.17) is 14.2 Å². The molecule has 5 heteroatoms. The molecule has 5 nitrogen and oxygen atoms in total. The van der Waals surface area contributed by atoms with Crippen molar-refractivity contribution in [1.29, 1.82) is 0 Å². The summed E-state index contributed by atoms with van der Waals surface area (Å²) in [6.07, 6.45) is -0.456. The maximum absolute atomic E-state index is 11.9. The highest BCUT2D eigenvalue weighted by Crippen LogP contribution is 2.32. The fraction of sp³-hybridized carbons (Fsp3) is 0.562. The Hall–Kier alpha value is -1.91. The number of benzene rings is 1. The second-order valence-electron chi connectivity index (χ2n) is 6.32. The van der Waals surface area contributed by atoms with Crippen LogP contribution in [-0.4, -0.2) is 25.9 Å². The highest BCUT2D eigenvalue weighted by molar-refractivity contribution is 5.69. The number of rotatable bonds is 4. The van der Waals surface area contributed by atoms with Crippen molar-refractivity contribution in [3.8, 4) is 11.5 Å². The molecule has 1 aromatic rings. The Morgan fingerprint density at radius 3 is 2.05 bits per heavy atom. The average molecular weight is 295 g/mol. The Balaban J connectivity index is 2.94. The summed E-state index contributed by atoms with van der Waals surface area (Å²) in [6, 6.07) is 5.54. The molecule has 0 bridgehead atoms. The number of carbonyl (C=O) groups is 1. The van der Waals surface area contributed by atoms with Gasteiger partial charge >= 0.3 is 6.09 Å². The normalized spacial score (nSPS) is 11.8. The van der Waals surface area contributed by atoms with Crippen LogP contribution in [0.4, 0.5) is 4.79 Å². The van der Waals surface area contributed by atoms with Gasteiger partial charge in [-0.15, -0.1) is 0 Å². The summed E-state index contributed by atoms with van der Waals surface area (Å²) in [6.45, 7) is 9.29. The molecule has 0 heterocycles. The van der Waals surface area contributed by atoms with Gasteiger partial charge in [0.2, 0.25) is 0 Å². The van der Waals surface area contributed by atoms with E-state index in [0.29, 0.717) is 11.5 Å². The van der Waals surface area contributed by atoms with Crippen molar-refractivity contribution < 1.29 is 19.0 Å². The minimum absolute atomic E-state index is 0.456. The van der Waals surface area contributed by atoms with Crippen LogP contribution < -0.4 is 14.8 Å². The van der Waals surface area contributed by atoms with Gasteiger partial charge in [0.05, 0.1) is 19.8 Å². The molecule has 0 spiro atoms. The molecule has 118 valence electrons. The quantitative estimate of drug-likeness (QED) is 0.924. The van der Waals surface area contributed by atoms with Crippen LogP contribution in [0.5, 0.6) is 11.5 Å². The van der Waals surface area contributed by atoms with E-state index in [9.17, 15) is 4.79 Å². The molecular formula is C16H25NO4. The molecule has 0 radical (unpaired) electrons. The molecule has 0 aliphatic carbocycles. The van der Waals surface area contributed by atoms with E-state index in [1.54, 1.807) is 14.2 Å². The zero-order chi connectivity index (χ0) is 16.3. The van der Waals surface area contributed by atoms with E-state index >= 15 is 0 Å². The van der Waals surface area contributed by atoms with Crippen LogP contribution in [-0.2, 0) is 10.3 Å². The molecule has 0 fully saturated rings. The van der Waals surface area contributed by atoms with Crippen molar-refractivity contribution in [1.82, 2.24) is 5.32 Å². The van der Waals surface area contributed by atoms with Gasteiger partial charge < -0.3 is 19.5 Å². The Kier molecular flexibility index (Phi) is 5.10. The van der Waals surface area contributed by atoms with Gasteiger partial charge in [-0.05, 0) is 52.3 Å². The molecule has 0 saturated heterocycles. The van der Waals surface area contributed by atoms with Crippen LogP contribution in [0, 0.1) is 0 Å². The van der Waals surface area contributed by atoms with Crippen molar-refractivity contribution in [2.24, 2.45) is 0 Å². The Labute approximate surface area is 126 Å². The number of ether oxygens (including phenoxy) is 3. The van der Waals surface area contributed by atoms with Gasteiger partial charge in [-0.3, -0.25) is 0 Å². The monoisotopic (exact) mass is 295 g/mol. The minimum Gasteiger partial charge on any atom is -0.493 e. The second-order valence-corrected chi connectivity index (χ2v) is 6.32. The molecule has 0 unspecified atom stereocenters. The van der Waals surface area contributed by atoms with Gasteiger partial charge in [-0.2, -0.15) is 0 Å². The molecular weight excluding hydrogens is 270 g/mol. The van der Waals surface area contributed by atoms with Crippen molar-refractivity contribution in [2.75, 3.05) is 14.2 Å². The van der Waals surface area contributed by atoms with E-state index in [1.807, 2.05) is 52.8 Å². The summed E-state index contributed by atoms with van der Waals surface area (Å²) < 4.78 is 15.8. The van der Waals surface area contributed by atoms with Crippen molar-refractivity contribution in [2.45, 2.75) is 45.8 Å². The summed E-state index contributed by atoms with van der Waals surface area (Å²) in [5.41, 5.74) is -0.231. The number of hydrogen-bond donors (Lipinski definition) is 1. The predicted molar refractivity (Wildman–Crippen MR) is 81.9 cm³/mol.